The van der Waals surface area contributed by atoms with Gasteiger partial charge in [0, 0.05) is 10.4 Å². The second kappa shape index (κ2) is 8.13. The number of carbonyl (C=O) groups is 1. The van der Waals surface area contributed by atoms with Gasteiger partial charge in [-0.15, -0.1) is 16.4 Å². The molecule has 0 saturated heterocycles. The van der Waals surface area contributed by atoms with Crippen LogP contribution in [0.15, 0.2) is 45.4 Å². The van der Waals surface area contributed by atoms with Crippen molar-refractivity contribution in [3.63, 3.8) is 0 Å². The summed E-state index contributed by atoms with van der Waals surface area (Å²) in [7, 11) is 1.54. The molecule has 30 heavy (non-hydrogen) atoms. The Kier molecular flexibility index (Phi) is 5.22. The maximum Gasteiger partial charge on any atom is 0.294 e. The number of aryl methyl sites for hydroxylation is 1. The van der Waals surface area contributed by atoms with Crippen LogP contribution < -0.4 is 15.9 Å². The molecule has 12 heteroatoms. The molecule has 152 valence electrons. The Morgan fingerprint density at radius 2 is 2.23 bits per heavy atom. The second-order valence-corrected chi connectivity index (χ2v) is 7.02. The number of rotatable bonds is 6. The molecule has 4 rings (SSSR count). The Morgan fingerprint density at radius 3 is 2.93 bits per heavy atom. The predicted octanol–water partition coefficient (Wildman–Crippen LogP) is 2.04. The van der Waals surface area contributed by atoms with Crippen LogP contribution >= 0.6 is 11.3 Å². The summed E-state index contributed by atoms with van der Waals surface area (Å²) in [5, 5.41) is 21.3. The van der Waals surface area contributed by atoms with E-state index in [2.05, 4.69) is 35.8 Å². The van der Waals surface area contributed by atoms with Gasteiger partial charge in [-0.1, -0.05) is 17.3 Å². The molecular formula is C18H16N8O3S. The van der Waals surface area contributed by atoms with E-state index in [0.29, 0.717) is 17.0 Å². The number of thiophene rings is 1. The number of nitrogens with one attached hydrogen (secondary N) is 1. The Hall–Kier alpha value is -4.06. The molecule has 0 atom stereocenters. The number of benzene rings is 1. The van der Waals surface area contributed by atoms with Crippen LogP contribution in [0.5, 0.6) is 5.75 Å². The smallest absolute Gasteiger partial charge is 0.294 e. The lowest BCUT2D eigenvalue weighted by molar-refractivity contribution is 0.0950. The summed E-state index contributed by atoms with van der Waals surface area (Å²) in [6, 6.07) is 9.02. The van der Waals surface area contributed by atoms with Gasteiger partial charge in [0.25, 0.3) is 5.91 Å². The molecular weight excluding hydrogens is 408 g/mol. The number of hydrazone groups is 1. The fourth-order valence-electron chi connectivity index (χ4n) is 2.67. The minimum atomic E-state index is -0.556. The van der Waals surface area contributed by atoms with Crippen molar-refractivity contribution in [2.45, 2.75) is 6.92 Å². The number of amides is 1. The Bertz CT molecular complexity index is 1230. The minimum Gasteiger partial charge on any atom is -0.497 e. The molecule has 0 unspecified atom stereocenters. The zero-order valence-corrected chi connectivity index (χ0v) is 16.8. The summed E-state index contributed by atoms with van der Waals surface area (Å²) >= 11 is 1.52. The van der Waals surface area contributed by atoms with Gasteiger partial charge in [0.2, 0.25) is 11.6 Å². The number of nitrogens with two attached hydrogens (primary N) is 1. The molecule has 11 nitrogen and oxygen atoms in total. The van der Waals surface area contributed by atoms with Crippen molar-refractivity contribution < 1.29 is 14.2 Å². The topological polar surface area (TPSA) is 146 Å². The van der Waals surface area contributed by atoms with Crippen LogP contribution in [0.1, 0.15) is 20.9 Å². The zero-order valence-electron chi connectivity index (χ0n) is 15.9. The number of hydrogen-bond acceptors (Lipinski definition) is 10. The Balaban J connectivity index is 1.73. The van der Waals surface area contributed by atoms with Crippen molar-refractivity contribution in [2.75, 3.05) is 12.8 Å². The normalized spacial score (nSPS) is 11.1. The third-order valence-corrected chi connectivity index (χ3v) is 5.13. The van der Waals surface area contributed by atoms with E-state index in [-0.39, 0.29) is 17.3 Å². The summed E-state index contributed by atoms with van der Waals surface area (Å²) in [4.78, 5) is 13.8. The summed E-state index contributed by atoms with van der Waals surface area (Å²) < 4.78 is 11.2. The quantitative estimate of drug-likeness (QED) is 0.353. The molecule has 0 bridgehead atoms. The molecule has 3 aromatic heterocycles. The van der Waals surface area contributed by atoms with Crippen LogP contribution in [0.4, 0.5) is 5.82 Å². The molecule has 0 fully saturated rings. The fourth-order valence-corrected chi connectivity index (χ4v) is 3.46. The van der Waals surface area contributed by atoms with E-state index in [9.17, 15) is 4.79 Å². The predicted molar refractivity (Wildman–Crippen MR) is 110 cm³/mol. The maximum atomic E-state index is 12.8. The van der Waals surface area contributed by atoms with Gasteiger partial charge < -0.3 is 10.5 Å². The average Bonchev–Trinajstić information content (AvgIpc) is 3.47. The number of hydrogen-bond donors (Lipinski definition) is 2. The first-order valence-electron chi connectivity index (χ1n) is 8.64. The van der Waals surface area contributed by atoms with Crippen molar-refractivity contribution in [1.29, 1.82) is 0 Å². The average molecular weight is 424 g/mol. The third kappa shape index (κ3) is 3.63. The van der Waals surface area contributed by atoms with E-state index in [1.807, 2.05) is 18.4 Å². The molecule has 0 aliphatic rings. The van der Waals surface area contributed by atoms with Crippen LogP contribution in [-0.4, -0.2) is 44.5 Å². The first-order valence-corrected chi connectivity index (χ1v) is 9.52. The van der Waals surface area contributed by atoms with Crippen LogP contribution in [0.3, 0.4) is 0 Å². The molecule has 3 heterocycles. The van der Waals surface area contributed by atoms with Crippen LogP contribution in [0.25, 0.3) is 17.1 Å². The van der Waals surface area contributed by atoms with Crippen LogP contribution in [-0.2, 0) is 0 Å². The number of nitrogen functional groups attached to an aromatic ring is 1. The van der Waals surface area contributed by atoms with Crippen LogP contribution in [0.2, 0.25) is 0 Å². The van der Waals surface area contributed by atoms with Crippen molar-refractivity contribution in [3.05, 3.63) is 51.8 Å². The monoisotopic (exact) mass is 424 g/mol. The molecule has 1 aromatic carbocycles. The lowest BCUT2D eigenvalue weighted by atomic mass is 10.1. The lowest BCUT2D eigenvalue weighted by Crippen LogP contribution is -2.19. The van der Waals surface area contributed by atoms with E-state index in [0.717, 1.165) is 10.4 Å². The summed E-state index contributed by atoms with van der Waals surface area (Å²) in [5.41, 5.74) is 10.3. The van der Waals surface area contributed by atoms with Gasteiger partial charge in [0.05, 0.1) is 13.3 Å². The van der Waals surface area contributed by atoms with E-state index in [4.69, 9.17) is 10.5 Å². The van der Waals surface area contributed by atoms with Crippen LogP contribution in [0, 0.1) is 6.92 Å². The number of anilines is 1. The van der Waals surface area contributed by atoms with Crippen molar-refractivity contribution in [2.24, 2.45) is 5.10 Å². The number of ether oxygens (including phenoxy) is 1. The van der Waals surface area contributed by atoms with E-state index in [1.54, 1.807) is 37.6 Å². The fraction of sp³-hybridized carbons (Fsp3) is 0.111. The zero-order chi connectivity index (χ0) is 21.1. The standard InChI is InChI=1S/C18H16N8O3S/c1-10-6-7-30-13(10)9-20-22-18(27)14-15(11-4-3-5-12(8-11)28-2)26(25-21-14)17-16(19)23-29-24-17/h3-9H,1-2H3,(H2,19,23)(H,22,27). The maximum absolute atomic E-state index is 12.8. The van der Waals surface area contributed by atoms with Gasteiger partial charge >= 0.3 is 0 Å². The Morgan fingerprint density at radius 1 is 1.37 bits per heavy atom. The molecule has 0 aliphatic carbocycles. The van der Waals surface area contributed by atoms with Gasteiger partial charge in [-0.05, 0) is 46.4 Å². The third-order valence-electron chi connectivity index (χ3n) is 4.17. The highest BCUT2D eigenvalue weighted by Crippen LogP contribution is 2.29. The number of aromatic nitrogens is 5. The van der Waals surface area contributed by atoms with Gasteiger partial charge in [0.15, 0.2) is 5.69 Å². The molecule has 3 N–H and O–H groups in total. The molecule has 0 spiro atoms. The van der Waals surface area contributed by atoms with Gasteiger partial charge in [-0.2, -0.15) is 9.78 Å². The molecule has 0 saturated carbocycles. The second-order valence-electron chi connectivity index (χ2n) is 6.07. The van der Waals surface area contributed by atoms with Crippen molar-refractivity contribution in [3.8, 4) is 22.8 Å². The minimum absolute atomic E-state index is 0.00203. The summed E-state index contributed by atoms with van der Waals surface area (Å²) in [5.74, 6) is 0.142. The summed E-state index contributed by atoms with van der Waals surface area (Å²) in [6.45, 7) is 1.96. The SMILES string of the molecule is COc1cccc(-c2c(C(=O)NN=Cc3sccc3C)nnn2-c2nonc2N)c1. The molecule has 4 aromatic rings. The number of carbonyl (C=O) groups excluding carboxylic acids is 1. The highest BCUT2D eigenvalue weighted by Gasteiger charge is 2.25. The molecule has 0 aliphatic heterocycles. The first-order chi connectivity index (χ1) is 14.6. The lowest BCUT2D eigenvalue weighted by Gasteiger charge is -2.07. The van der Waals surface area contributed by atoms with Crippen molar-refractivity contribution in [1.82, 2.24) is 30.7 Å². The highest BCUT2D eigenvalue weighted by molar-refractivity contribution is 7.11. The van der Waals surface area contributed by atoms with Gasteiger partial charge in [0.1, 0.15) is 11.4 Å². The van der Waals surface area contributed by atoms with E-state index in [1.165, 1.54) is 16.0 Å². The Labute approximate surface area is 174 Å². The summed E-state index contributed by atoms with van der Waals surface area (Å²) in [6.07, 6.45) is 1.58. The largest absolute Gasteiger partial charge is 0.497 e. The van der Waals surface area contributed by atoms with Crippen molar-refractivity contribution >= 4 is 29.3 Å². The van der Waals surface area contributed by atoms with E-state index < -0.39 is 5.91 Å². The van der Waals surface area contributed by atoms with E-state index >= 15 is 0 Å². The highest BCUT2D eigenvalue weighted by atomic mass is 32.1. The molecule has 1 amide bonds. The van der Waals surface area contributed by atoms with Gasteiger partial charge in [-0.25, -0.2) is 10.1 Å². The number of nitrogens with zero attached hydrogens (tertiary/aromatic N) is 6. The number of methoxy groups -OCH3 is 1. The van der Waals surface area contributed by atoms with Gasteiger partial charge in [-0.3, -0.25) is 4.79 Å². The first kappa shape index (κ1) is 19.3. The molecule has 0 radical (unpaired) electrons.